The first-order valence-corrected chi connectivity index (χ1v) is 9.27. The van der Waals surface area contributed by atoms with Crippen molar-refractivity contribution in [3.8, 4) is 0 Å². The van der Waals surface area contributed by atoms with E-state index in [0.29, 0.717) is 43.0 Å². The molecule has 0 radical (unpaired) electrons. The zero-order chi connectivity index (χ0) is 18.5. The van der Waals surface area contributed by atoms with Crippen LogP contribution < -0.4 is 21.7 Å². The number of nitrogens with two attached hydrogens (primary N) is 1. The summed E-state index contributed by atoms with van der Waals surface area (Å²) in [6.07, 6.45) is 4.21. The minimum Gasteiger partial charge on any atom is -0.465 e. The van der Waals surface area contributed by atoms with Crippen molar-refractivity contribution in [1.29, 1.82) is 0 Å². The van der Waals surface area contributed by atoms with E-state index < -0.39 is 6.09 Å². The summed E-state index contributed by atoms with van der Waals surface area (Å²) in [5.41, 5.74) is 5.98. The SMILES string of the molecule is CCCCCCNc1nc(NCCCNC(=O)O)nc(C(N)CS)n1. The van der Waals surface area contributed by atoms with Gasteiger partial charge in [0.2, 0.25) is 11.9 Å². The second kappa shape index (κ2) is 12.5. The summed E-state index contributed by atoms with van der Waals surface area (Å²) in [5, 5.41) is 17.1. The lowest BCUT2D eigenvalue weighted by molar-refractivity contribution is 0.194. The number of nitrogens with one attached hydrogen (secondary N) is 3. The zero-order valence-electron chi connectivity index (χ0n) is 14.7. The van der Waals surface area contributed by atoms with Crippen LogP contribution in [0.3, 0.4) is 0 Å². The normalized spacial score (nSPS) is 11.8. The number of carbonyl (C=O) groups is 1. The van der Waals surface area contributed by atoms with E-state index in [1.165, 1.54) is 19.3 Å². The number of nitrogens with zero attached hydrogens (tertiary/aromatic N) is 3. The summed E-state index contributed by atoms with van der Waals surface area (Å²) < 4.78 is 0. The van der Waals surface area contributed by atoms with Crippen LogP contribution in [0.5, 0.6) is 0 Å². The standard InChI is InChI=1S/C15H29N7O2S/c1-2-3-4-5-7-17-13-20-12(11(16)10-25)21-14(22-13)18-8-6-9-19-15(23)24/h11,19,25H,2-10,16H2,1H3,(H,23,24)(H2,17,18,20,21,22). The van der Waals surface area contributed by atoms with Gasteiger partial charge in [-0.3, -0.25) is 0 Å². The van der Waals surface area contributed by atoms with Gasteiger partial charge in [0.05, 0.1) is 6.04 Å². The van der Waals surface area contributed by atoms with Gasteiger partial charge < -0.3 is 26.8 Å². The Hall–Kier alpha value is -1.81. The van der Waals surface area contributed by atoms with Gasteiger partial charge in [-0.15, -0.1) is 0 Å². The van der Waals surface area contributed by atoms with E-state index in [1.807, 2.05) is 0 Å². The van der Waals surface area contributed by atoms with Gasteiger partial charge in [0.25, 0.3) is 0 Å². The Kier molecular flexibility index (Phi) is 10.6. The molecule has 1 aromatic rings. The van der Waals surface area contributed by atoms with Gasteiger partial charge in [-0.05, 0) is 12.8 Å². The molecule has 9 nitrogen and oxygen atoms in total. The van der Waals surface area contributed by atoms with E-state index in [9.17, 15) is 4.79 Å². The number of hydrogen-bond donors (Lipinski definition) is 6. The fourth-order valence-electron chi connectivity index (χ4n) is 2.03. The third-order valence-electron chi connectivity index (χ3n) is 3.41. The van der Waals surface area contributed by atoms with Crippen LogP contribution in [0.15, 0.2) is 0 Å². The van der Waals surface area contributed by atoms with Crippen LogP contribution in [0.2, 0.25) is 0 Å². The predicted octanol–water partition coefficient (Wildman–Crippen LogP) is 1.86. The number of carboxylic acid groups (broad SMARTS) is 1. The van der Waals surface area contributed by atoms with Gasteiger partial charge in [-0.1, -0.05) is 26.2 Å². The Morgan fingerprint density at radius 1 is 1.08 bits per heavy atom. The lowest BCUT2D eigenvalue weighted by Gasteiger charge is -2.13. The molecular formula is C15H29N7O2S. The highest BCUT2D eigenvalue weighted by Gasteiger charge is 2.12. The number of aromatic nitrogens is 3. The van der Waals surface area contributed by atoms with Crippen LogP contribution in [0.1, 0.15) is 50.9 Å². The molecule has 1 unspecified atom stereocenters. The van der Waals surface area contributed by atoms with Gasteiger partial charge in [0.15, 0.2) is 5.82 Å². The van der Waals surface area contributed by atoms with Crippen molar-refractivity contribution >= 4 is 30.6 Å². The third-order valence-corrected chi connectivity index (χ3v) is 3.80. The van der Waals surface area contributed by atoms with E-state index in [1.54, 1.807) is 0 Å². The van der Waals surface area contributed by atoms with Crippen LogP contribution in [0.25, 0.3) is 0 Å². The maximum Gasteiger partial charge on any atom is 0.404 e. The zero-order valence-corrected chi connectivity index (χ0v) is 15.6. The summed E-state index contributed by atoms with van der Waals surface area (Å²) in [5.74, 6) is 1.83. The maximum atomic E-state index is 10.4. The first-order chi connectivity index (χ1) is 12.1. The smallest absolute Gasteiger partial charge is 0.404 e. The molecule has 0 saturated heterocycles. The largest absolute Gasteiger partial charge is 0.465 e. The third kappa shape index (κ3) is 9.30. The Labute approximate surface area is 154 Å². The number of thiol groups is 1. The van der Waals surface area contributed by atoms with Crippen LogP contribution in [-0.4, -0.2) is 51.5 Å². The topological polar surface area (TPSA) is 138 Å². The molecule has 6 N–H and O–H groups in total. The molecule has 0 saturated carbocycles. The maximum absolute atomic E-state index is 10.4. The number of hydrogen-bond acceptors (Lipinski definition) is 8. The van der Waals surface area contributed by atoms with Gasteiger partial charge >= 0.3 is 6.09 Å². The fourth-order valence-corrected chi connectivity index (χ4v) is 2.20. The molecule has 1 rings (SSSR count). The van der Waals surface area contributed by atoms with Crippen LogP contribution >= 0.6 is 12.6 Å². The highest BCUT2D eigenvalue weighted by molar-refractivity contribution is 7.80. The van der Waals surface area contributed by atoms with Gasteiger partial charge in [-0.25, -0.2) is 4.79 Å². The predicted molar refractivity (Wildman–Crippen MR) is 102 cm³/mol. The van der Waals surface area contributed by atoms with Crippen molar-refractivity contribution in [3.05, 3.63) is 5.82 Å². The summed E-state index contributed by atoms with van der Waals surface area (Å²) in [6.45, 7) is 3.87. The summed E-state index contributed by atoms with van der Waals surface area (Å²) in [4.78, 5) is 23.4. The van der Waals surface area contributed by atoms with Crippen LogP contribution in [-0.2, 0) is 0 Å². The molecule has 0 aliphatic heterocycles. The van der Waals surface area contributed by atoms with E-state index in [0.717, 1.165) is 13.0 Å². The monoisotopic (exact) mass is 371 g/mol. The van der Waals surface area contributed by atoms with E-state index in [-0.39, 0.29) is 6.04 Å². The molecule has 1 heterocycles. The summed E-state index contributed by atoms with van der Waals surface area (Å²) in [7, 11) is 0. The van der Waals surface area contributed by atoms with Crippen LogP contribution in [0.4, 0.5) is 16.7 Å². The molecule has 142 valence electrons. The summed E-state index contributed by atoms with van der Waals surface area (Å²) >= 11 is 4.19. The van der Waals surface area contributed by atoms with Crippen molar-refractivity contribution < 1.29 is 9.90 Å². The Morgan fingerprint density at radius 3 is 2.28 bits per heavy atom. The molecule has 0 aliphatic rings. The second-order valence-corrected chi connectivity index (χ2v) is 5.99. The molecule has 0 spiro atoms. The van der Waals surface area contributed by atoms with E-state index >= 15 is 0 Å². The molecular weight excluding hydrogens is 342 g/mol. The van der Waals surface area contributed by atoms with Gasteiger partial charge in [-0.2, -0.15) is 27.6 Å². The van der Waals surface area contributed by atoms with E-state index in [2.05, 4.69) is 50.5 Å². The number of anilines is 2. The minimum atomic E-state index is -1.03. The number of rotatable bonds is 13. The molecule has 1 amide bonds. The van der Waals surface area contributed by atoms with Crippen molar-refractivity contribution in [3.63, 3.8) is 0 Å². The molecule has 1 aromatic heterocycles. The van der Waals surface area contributed by atoms with Gasteiger partial charge in [0, 0.05) is 25.4 Å². The van der Waals surface area contributed by atoms with Crippen molar-refractivity contribution in [2.45, 2.75) is 45.1 Å². The number of unbranched alkanes of at least 4 members (excludes halogenated alkanes) is 3. The first-order valence-electron chi connectivity index (χ1n) is 8.63. The van der Waals surface area contributed by atoms with Crippen molar-refractivity contribution in [2.75, 3.05) is 36.0 Å². The second-order valence-electron chi connectivity index (χ2n) is 5.63. The average Bonchev–Trinajstić information content (AvgIpc) is 2.60. The Balaban J connectivity index is 2.58. The molecule has 10 heteroatoms. The molecule has 0 fully saturated rings. The number of amides is 1. The lowest BCUT2D eigenvalue weighted by Crippen LogP contribution is -2.24. The quantitative estimate of drug-likeness (QED) is 0.228. The first kappa shape index (κ1) is 21.2. The van der Waals surface area contributed by atoms with E-state index in [4.69, 9.17) is 10.8 Å². The molecule has 1 atom stereocenters. The average molecular weight is 372 g/mol. The molecule has 25 heavy (non-hydrogen) atoms. The van der Waals surface area contributed by atoms with Gasteiger partial charge in [0.1, 0.15) is 0 Å². The molecule has 0 aliphatic carbocycles. The Bertz CT molecular complexity index is 519. The van der Waals surface area contributed by atoms with Crippen molar-refractivity contribution in [1.82, 2.24) is 20.3 Å². The molecule has 0 bridgehead atoms. The fraction of sp³-hybridized carbons (Fsp3) is 0.733. The van der Waals surface area contributed by atoms with Crippen LogP contribution in [0, 0.1) is 0 Å². The highest BCUT2D eigenvalue weighted by atomic mass is 32.1. The summed E-state index contributed by atoms with van der Waals surface area (Å²) in [6, 6.07) is -0.374. The minimum absolute atomic E-state index is 0.360. The molecule has 0 aromatic carbocycles. The highest BCUT2D eigenvalue weighted by Crippen LogP contribution is 2.12. The Morgan fingerprint density at radius 2 is 1.72 bits per heavy atom. The van der Waals surface area contributed by atoms with Crippen molar-refractivity contribution in [2.24, 2.45) is 5.73 Å². The lowest BCUT2D eigenvalue weighted by atomic mass is 10.2.